The van der Waals surface area contributed by atoms with Crippen molar-refractivity contribution in [1.29, 1.82) is 0 Å². The standard InChI is InChI=1S/C16H14N2O3S2/c1-17-3-5-18(6-4-17)16(21)11-8-10-12(19)9-2-7-22-14(9)13(20)15(10)23-11/h2,7-8H,3-6H2,1H3. The van der Waals surface area contributed by atoms with E-state index in [9.17, 15) is 14.4 Å². The molecule has 2 aromatic rings. The zero-order chi connectivity index (χ0) is 16.1. The highest BCUT2D eigenvalue weighted by Crippen LogP contribution is 2.36. The van der Waals surface area contributed by atoms with Gasteiger partial charge in [0.1, 0.15) is 0 Å². The zero-order valence-corrected chi connectivity index (χ0v) is 14.1. The molecule has 5 nitrogen and oxygen atoms in total. The fourth-order valence-corrected chi connectivity index (χ4v) is 4.88. The van der Waals surface area contributed by atoms with E-state index in [-0.39, 0.29) is 17.5 Å². The maximum absolute atomic E-state index is 12.6. The van der Waals surface area contributed by atoms with Crippen LogP contribution in [0.4, 0.5) is 0 Å². The van der Waals surface area contributed by atoms with Crippen molar-refractivity contribution in [2.45, 2.75) is 0 Å². The summed E-state index contributed by atoms with van der Waals surface area (Å²) in [4.78, 5) is 43.0. The van der Waals surface area contributed by atoms with Gasteiger partial charge in [-0.1, -0.05) is 0 Å². The van der Waals surface area contributed by atoms with Crippen molar-refractivity contribution in [1.82, 2.24) is 9.80 Å². The molecule has 0 atom stereocenters. The van der Waals surface area contributed by atoms with Gasteiger partial charge in [0, 0.05) is 37.3 Å². The fourth-order valence-electron chi connectivity index (χ4n) is 2.91. The van der Waals surface area contributed by atoms with Crippen LogP contribution >= 0.6 is 22.7 Å². The number of piperazine rings is 1. The summed E-state index contributed by atoms with van der Waals surface area (Å²) in [6, 6.07) is 3.28. The highest BCUT2D eigenvalue weighted by atomic mass is 32.1. The Morgan fingerprint density at radius 3 is 2.52 bits per heavy atom. The first kappa shape index (κ1) is 14.7. The molecule has 7 heteroatoms. The molecule has 0 radical (unpaired) electrons. The Bertz CT molecular complexity index is 780. The van der Waals surface area contributed by atoms with Crippen molar-refractivity contribution in [3.8, 4) is 0 Å². The number of carbonyl (C=O) groups is 3. The van der Waals surface area contributed by atoms with Gasteiger partial charge < -0.3 is 9.80 Å². The molecule has 1 aliphatic carbocycles. The zero-order valence-electron chi connectivity index (χ0n) is 12.5. The number of hydrogen-bond acceptors (Lipinski definition) is 6. The minimum absolute atomic E-state index is 0.0820. The molecule has 0 aromatic carbocycles. The van der Waals surface area contributed by atoms with Gasteiger partial charge in [0.15, 0.2) is 5.78 Å². The molecule has 0 N–H and O–H groups in total. The molecule has 23 heavy (non-hydrogen) atoms. The molecule has 2 aromatic heterocycles. The minimum atomic E-state index is -0.149. The number of thiophene rings is 2. The molecular weight excluding hydrogens is 332 g/mol. The number of likely N-dealkylation sites (N-methyl/N-ethyl adjacent to an activating group) is 1. The molecule has 1 aliphatic heterocycles. The Kier molecular flexibility index (Phi) is 3.44. The largest absolute Gasteiger partial charge is 0.335 e. The summed E-state index contributed by atoms with van der Waals surface area (Å²) in [7, 11) is 2.03. The van der Waals surface area contributed by atoms with Crippen LogP contribution in [0.2, 0.25) is 0 Å². The quantitative estimate of drug-likeness (QED) is 0.676. The van der Waals surface area contributed by atoms with Crippen LogP contribution in [0, 0.1) is 0 Å². The van der Waals surface area contributed by atoms with Crippen molar-refractivity contribution in [3.05, 3.63) is 43.3 Å². The van der Waals surface area contributed by atoms with E-state index in [0.717, 1.165) is 24.4 Å². The minimum Gasteiger partial charge on any atom is -0.335 e. The highest BCUT2D eigenvalue weighted by molar-refractivity contribution is 7.19. The smallest absolute Gasteiger partial charge is 0.264 e. The van der Waals surface area contributed by atoms with Crippen LogP contribution in [0.1, 0.15) is 40.1 Å². The van der Waals surface area contributed by atoms with E-state index >= 15 is 0 Å². The maximum Gasteiger partial charge on any atom is 0.264 e. The van der Waals surface area contributed by atoms with Crippen molar-refractivity contribution < 1.29 is 14.4 Å². The van der Waals surface area contributed by atoms with Crippen molar-refractivity contribution in [2.24, 2.45) is 0 Å². The Labute approximate surface area is 141 Å². The van der Waals surface area contributed by atoms with Gasteiger partial charge in [-0.3, -0.25) is 14.4 Å². The van der Waals surface area contributed by atoms with E-state index in [1.54, 1.807) is 22.4 Å². The summed E-state index contributed by atoms with van der Waals surface area (Å²) in [5.41, 5.74) is 0.840. The highest BCUT2D eigenvalue weighted by Gasteiger charge is 2.34. The van der Waals surface area contributed by atoms with Gasteiger partial charge >= 0.3 is 0 Å². The Morgan fingerprint density at radius 1 is 1.04 bits per heavy atom. The maximum atomic E-state index is 12.6. The van der Waals surface area contributed by atoms with Gasteiger partial charge in [0.05, 0.1) is 14.6 Å². The van der Waals surface area contributed by atoms with E-state index in [4.69, 9.17) is 0 Å². The van der Waals surface area contributed by atoms with Crippen LogP contribution in [-0.2, 0) is 0 Å². The molecule has 4 rings (SSSR count). The molecule has 0 bridgehead atoms. The van der Waals surface area contributed by atoms with Crippen LogP contribution < -0.4 is 0 Å². The van der Waals surface area contributed by atoms with Gasteiger partial charge in [-0.05, 0) is 24.6 Å². The second-order valence-corrected chi connectivity index (χ2v) is 7.74. The normalized spacial score (nSPS) is 18.0. The number of rotatable bonds is 1. The van der Waals surface area contributed by atoms with Gasteiger partial charge in [0.25, 0.3) is 5.91 Å². The van der Waals surface area contributed by atoms with Gasteiger partial charge in [-0.25, -0.2) is 0 Å². The molecule has 2 aliphatic rings. The average molecular weight is 346 g/mol. The first-order valence-corrected chi connectivity index (χ1v) is 9.04. The van der Waals surface area contributed by atoms with Crippen LogP contribution in [0.5, 0.6) is 0 Å². The topological polar surface area (TPSA) is 57.7 Å². The number of ketones is 2. The third kappa shape index (κ3) is 2.27. The van der Waals surface area contributed by atoms with Gasteiger partial charge in [-0.15, -0.1) is 22.7 Å². The Morgan fingerprint density at radius 2 is 1.78 bits per heavy atom. The van der Waals surface area contributed by atoms with Gasteiger partial charge in [-0.2, -0.15) is 0 Å². The molecule has 0 saturated carbocycles. The molecular formula is C16H14N2O3S2. The number of carbonyl (C=O) groups excluding carboxylic acids is 3. The molecule has 1 amide bonds. The monoisotopic (exact) mass is 346 g/mol. The molecule has 1 fully saturated rings. The summed E-state index contributed by atoms with van der Waals surface area (Å²) in [5.74, 6) is -0.363. The second-order valence-electron chi connectivity index (χ2n) is 5.77. The summed E-state index contributed by atoms with van der Waals surface area (Å²) in [6.07, 6.45) is 0. The first-order valence-electron chi connectivity index (χ1n) is 7.35. The summed E-state index contributed by atoms with van der Waals surface area (Å²) < 4.78 is 0. The molecule has 0 unspecified atom stereocenters. The lowest BCUT2D eigenvalue weighted by Crippen LogP contribution is -2.46. The van der Waals surface area contributed by atoms with Crippen LogP contribution in [0.15, 0.2) is 17.5 Å². The van der Waals surface area contributed by atoms with Gasteiger partial charge in [0.2, 0.25) is 5.78 Å². The van der Waals surface area contributed by atoms with Crippen LogP contribution in [0.3, 0.4) is 0 Å². The lowest BCUT2D eigenvalue weighted by atomic mass is 9.95. The van der Waals surface area contributed by atoms with Crippen LogP contribution in [-0.4, -0.2) is 60.5 Å². The Hall–Kier alpha value is -1.83. The van der Waals surface area contributed by atoms with Crippen molar-refractivity contribution in [3.63, 3.8) is 0 Å². The third-order valence-corrected chi connectivity index (χ3v) is 6.34. The SMILES string of the molecule is CN1CCN(C(=O)c2cc3c(s2)C(=O)c2sccc2C3=O)CC1. The number of nitrogens with zero attached hydrogens (tertiary/aromatic N) is 2. The fraction of sp³-hybridized carbons (Fsp3) is 0.312. The molecule has 0 spiro atoms. The summed E-state index contributed by atoms with van der Waals surface area (Å²) in [6.45, 7) is 3.03. The van der Waals surface area contributed by atoms with E-state index in [0.29, 0.717) is 38.8 Å². The van der Waals surface area contributed by atoms with Crippen LogP contribution in [0.25, 0.3) is 0 Å². The summed E-state index contributed by atoms with van der Waals surface area (Å²) >= 11 is 2.43. The number of amides is 1. The average Bonchev–Trinajstić information content (AvgIpc) is 3.20. The van der Waals surface area contributed by atoms with E-state index < -0.39 is 0 Å². The second kappa shape index (κ2) is 5.36. The first-order chi connectivity index (χ1) is 11.1. The Balaban J connectivity index is 1.67. The van der Waals surface area contributed by atoms with Crippen molar-refractivity contribution >= 4 is 40.1 Å². The predicted octanol–water partition coefficient (Wildman–Crippen LogP) is 1.97. The molecule has 1 saturated heterocycles. The van der Waals surface area contributed by atoms with Crippen molar-refractivity contribution in [2.75, 3.05) is 33.2 Å². The number of fused-ring (bicyclic) bond motifs is 2. The predicted molar refractivity (Wildman–Crippen MR) is 88.9 cm³/mol. The third-order valence-electron chi connectivity index (χ3n) is 4.30. The van der Waals surface area contributed by atoms with E-state index in [1.807, 2.05) is 7.05 Å². The molecule has 3 heterocycles. The van der Waals surface area contributed by atoms with E-state index in [1.165, 1.54) is 11.3 Å². The number of hydrogen-bond donors (Lipinski definition) is 0. The lowest BCUT2D eigenvalue weighted by molar-refractivity contribution is 0.0669. The summed E-state index contributed by atoms with van der Waals surface area (Å²) in [5, 5.41) is 1.76. The lowest BCUT2D eigenvalue weighted by Gasteiger charge is -2.32. The van der Waals surface area contributed by atoms with E-state index in [2.05, 4.69) is 4.90 Å². The molecule has 118 valence electrons.